The van der Waals surface area contributed by atoms with Gasteiger partial charge in [-0.25, -0.2) is 4.79 Å². The molecule has 2 aliphatic carbocycles. The summed E-state index contributed by atoms with van der Waals surface area (Å²) in [7, 11) is 1.42. The summed E-state index contributed by atoms with van der Waals surface area (Å²) in [5.41, 5.74) is -0.976. The van der Waals surface area contributed by atoms with Crippen molar-refractivity contribution in [3.05, 3.63) is 0 Å². The van der Waals surface area contributed by atoms with Crippen molar-refractivity contribution in [3.8, 4) is 6.07 Å². The van der Waals surface area contributed by atoms with Crippen molar-refractivity contribution in [1.29, 1.82) is 5.26 Å². The third-order valence-electron chi connectivity index (χ3n) is 9.01. The van der Waals surface area contributed by atoms with Crippen molar-refractivity contribution in [2.24, 2.45) is 28.6 Å². The average Bonchev–Trinajstić information content (AvgIpc) is 3.71. The number of fused-ring (bicyclic) bond motifs is 5. The topological polar surface area (TPSA) is 130 Å². The van der Waals surface area contributed by atoms with E-state index in [9.17, 15) is 14.4 Å². The van der Waals surface area contributed by atoms with E-state index >= 15 is 0 Å². The number of methoxy groups -OCH3 is 1. The standard InChI is InChI=1S/C15H22O7.C8H11N.C7H14O2/c1-6-14(2,3)13(17)20-9-7-8(18-11(9)16)10-12(19-7)22-15(4,5)21-10;9-5-8-4-6-1-2-7(8)3-6;1-5-7(2,3)6(8)9-4/h7-10,12H,6H2,1-5H3;6-8H,1-4H2;5H2,1-4H3/t7-,8-,9-,10+,12+;;/m0../s1. The Balaban J connectivity index is 0.000000201. The molecule has 3 aliphatic heterocycles. The lowest BCUT2D eigenvalue weighted by Crippen LogP contribution is -2.40. The van der Waals surface area contributed by atoms with Crippen molar-refractivity contribution in [2.75, 3.05) is 7.11 Å². The molecular weight excluding hydrogens is 518 g/mol. The first-order chi connectivity index (χ1) is 18.6. The molecule has 3 unspecified atom stereocenters. The second-order valence-corrected chi connectivity index (χ2v) is 13.2. The molecule has 0 amide bonds. The Morgan fingerprint density at radius 2 is 1.60 bits per heavy atom. The van der Waals surface area contributed by atoms with E-state index < -0.39 is 53.8 Å². The van der Waals surface area contributed by atoms with Gasteiger partial charge in [-0.05, 0) is 85.5 Å². The fourth-order valence-electron chi connectivity index (χ4n) is 5.58. The van der Waals surface area contributed by atoms with Crippen LogP contribution >= 0.6 is 0 Å². The monoisotopic (exact) mass is 565 g/mol. The van der Waals surface area contributed by atoms with E-state index in [1.807, 2.05) is 27.7 Å². The molecule has 0 spiro atoms. The second-order valence-electron chi connectivity index (χ2n) is 13.2. The predicted molar refractivity (Wildman–Crippen MR) is 143 cm³/mol. The van der Waals surface area contributed by atoms with Gasteiger partial charge in [0.25, 0.3) is 0 Å². The molecule has 10 heteroatoms. The molecule has 40 heavy (non-hydrogen) atoms. The van der Waals surface area contributed by atoms with Gasteiger partial charge in [-0.15, -0.1) is 0 Å². The Hall–Kier alpha value is -2.22. The molecule has 2 bridgehead atoms. The Morgan fingerprint density at radius 3 is 2.05 bits per heavy atom. The number of carbonyl (C=O) groups is 3. The molecule has 0 aromatic carbocycles. The summed E-state index contributed by atoms with van der Waals surface area (Å²) in [6, 6.07) is 2.40. The highest BCUT2D eigenvalue weighted by atomic mass is 16.9. The van der Waals surface area contributed by atoms with Crippen LogP contribution in [0.15, 0.2) is 0 Å². The molecule has 0 N–H and O–H groups in total. The molecule has 3 saturated heterocycles. The first kappa shape index (κ1) is 32.3. The third kappa shape index (κ3) is 6.97. The van der Waals surface area contributed by atoms with Gasteiger partial charge in [0, 0.05) is 5.92 Å². The smallest absolute Gasteiger partial charge is 0.350 e. The van der Waals surface area contributed by atoms with Crippen molar-refractivity contribution >= 4 is 17.9 Å². The summed E-state index contributed by atoms with van der Waals surface area (Å²) < 4.78 is 32.3. The van der Waals surface area contributed by atoms with Gasteiger partial charge in [-0.3, -0.25) is 9.59 Å². The van der Waals surface area contributed by atoms with Gasteiger partial charge >= 0.3 is 17.9 Å². The Bertz CT molecular complexity index is 984. The Morgan fingerprint density at radius 1 is 0.975 bits per heavy atom. The van der Waals surface area contributed by atoms with E-state index in [1.54, 1.807) is 27.7 Å². The molecule has 0 aromatic heterocycles. The molecule has 0 aromatic rings. The van der Waals surface area contributed by atoms with Gasteiger partial charge in [0.15, 0.2) is 24.3 Å². The first-order valence-corrected chi connectivity index (χ1v) is 14.5. The lowest BCUT2D eigenvalue weighted by atomic mass is 9.90. The summed E-state index contributed by atoms with van der Waals surface area (Å²) in [6.07, 6.45) is 3.27. The zero-order valence-electron chi connectivity index (χ0n) is 25.5. The fraction of sp³-hybridized carbons (Fsp3) is 0.867. The Labute approximate surface area is 238 Å². The van der Waals surface area contributed by atoms with Gasteiger partial charge in [0.1, 0.15) is 6.10 Å². The van der Waals surface area contributed by atoms with Crippen molar-refractivity contribution in [1.82, 2.24) is 0 Å². The van der Waals surface area contributed by atoms with Gasteiger partial charge in [-0.1, -0.05) is 20.3 Å². The highest BCUT2D eigenvalue weighted by Gasteiger charge is 2.64. The van der Waals surface area contributed by atoms with Gasteiger partial charge in [0.2, 0.25) is 6.10 Å². The number of nitriles is 1. The SMILES string of the molecule is CCC(C)(C)C(=O)OC.CCC(C)(C)C(=O)O[C@@H]1C(=O)O[C@@H]2[C@H]3OC(C)(C)O[C@H]3O[C@@H]21.N#CC1CC2CCC1C2. The van der Waals surface area contributed by atoms with Crippen molar-refractivity contribution < 1.29 is 42.8 Å². The highest BCUT2D eigenvalue weighted by molar-refractivity contribution is 5.84. The molecule has 5 aliphatic rings. The number of hydrogen-bond donors (Lipinski definition) is 0. The number of nitrogens with zero attached hydrogens (tertiary/aromatic N) is 1. The quantitative estimate of drug-likeness (QED) is 0.342. The molecule has 5 fully saturated rings. The average molecular weight is 566 g/mol. The lowest BCUT2D eigenvalue weighted by molar-refractivity contribution is -0.217. The van der Waals surface area contributed by atoms with Crippen molar-refractivity contribution in [3.63, 3.8) is 0 Å². The van der Waals surface area contributed by atoms with E-state index in [1.165, 1.54) is 32.8 Å². The lowest BCUT2D eigenvalue weighted by Gasteiger charge is -2.24. The summed E-state index contributed by atoms with van der Waals surface area (Å²) in [5.74, 6) is 0.196. The highest BCUT2D eigenvalue weighted by Crippen LogP contribution is 2.48. The largest absolute Gasteiger partial charge is 0.469 e. The first-order valence-electron chi connectivity index (χ1n) is 14.5. The zero-order valence-corrected chi connectivity index (χ0v) is 25.5. The maximum atomic E-state index is 12.2. The predicted octanol–water partition coefficient (Wildman–Crippen LogP) is 4.68. The summed E-state index contributed by atoms with van der Waals surface area (Å²) in [4.78, 5) is 35.0. The van der Waals surface area contributed by atoms with Crippen LogP contribution in [0.1, 0.15) is 93.9 Å². The number of hydrogen-bond acceptors (Lipinski definition) is 10. The van der Waals surface area contributed by atoms with E-state index in [-0.39, 0.29) is 11.4 Å². The number of esters is 3. The zero-order chi connectivity index (χ0) is 30.0. The van der Waals surface area contributed by atoms with Crippen LogP contribution in [0, 0.1) is 39.9 Å². The van der Waals surface area contributed by atoms with Gasteiger partial charge in [-0.2, -0.15) is 5.26 Å². The van der Waals surface area contributed by atoms with E-state index in [0.717, 1.165) is 18.3 Å². The molecule has 2 saturated carbocycles. The summed E-state index contributed by atoms with van der Waals surface area (Å²) in [5, 5.41) is 8.64. The van der Waals surface area contributed by atoms with Gasteiger partial charge < -0.3 is 28.4 Å². The van der Waals surface area contributed by atoms with Gasteiger partial charge in [0.05, 0.1) is 24.0 Å². The number of rotatable bonds is 5. The maximum Gasteiger partial charge on any atom is 0.350 e. The molecule has 3 heterocycles. The third-order valence-corrected chi connectivity index (χ3v) is 9.01. The summed E-state index contributed by atoms with van der Waals surface area (Å²) >= 11 is 0. The van der Waals surface area contributed by atoms with E-state index in [0.29, 0.717) is 12.3 Å². The van der Waals surface area contributed by atoms with Crippen LogP contribution in [-0.4, -0.2) is 61.5 Å². The normalized spacial score (nSPS) is 34.8. The second kappa shape index (κ2) is 12.3. The molecule has 5 rings (SSSR count). The number of carbonyl (C=O) groups excluding carboxylic acids is 3. The maximum absolute atomic E-state index is 12.2. The minimum Gasteiger partial charge on any atom is -0.469 e. The minimum atomic E-state index is -1.07. The molecule has 226 valence electrons. The fourth-order valence-corrected chi connectivity index (χ4v) is 5.58. The minimum absolute atomic E-state index is 0.134. The molecule has 0 radical (unpaired) electrons. The van der Waals surface area contributed by atoms with Crippen LogP contribution in [0.2, 0.25) is 0 Å². The van der Waals surface area contributed by atoms with Crippen LogP contribution < -0.4 is 0 Å². The molecule has 10 nitrogen and oxygen atoms in total. The Kier molecular flexibility index (Phi) is 9.96. The van der Waals surface area contributed by atoms with Crippen molar-refractivity contribution in [2.45, 2.75) is 130 Å². The molecule has 8 atom stereocenters. The van der Waals surface area contributed by atoms with Crippen LogP contribution in [-0.2, 0) is 42.8 Å². The van der Waals surface area contributed by atoms with E-state index in [2.05, 4.69) is 10.8 Å². The van der Waals surface area contributed by atoms with Crippen LogP contribution in [0.5, 0.6) is 0 Å². The van der Waals surface area contributed by atoms with Crippen LogP contribution in [0.3, 0.4) is 0 Å². The van der Waals surface area contributed by atoms with Crippen LogP contribution in [0.4, 0.5) is 0 Å². The van der Waals surface area contributed by atoms with Crippen LogP contribution in [0.25, 0.3) is 0 Å². The van der Waals surface area contributed by atoms with E-state index in [4.69, 9.17) is 28.9 Å². The summed E-state index contributed by atoms with van der Waals surface area (Å²) in [6.45, 7) is 14.7. The molecular formula is C30H47NO9. The number of ether oxygens (including phenoxy) is 6.